The molecule has 0 N–H and O–H groups in total. The summed E-state index contributed by atoms with van der Waals surface area (Å²) in [5.41, 5.74) is 0. The second kappa shape index (κ2) is 6.73. The van der Waals surface area contributed by atoms with Gasteiger partial charge in [-0.25, -0.2) is 4.39 Å². The van der Waals surface area contributed by atoms with Crippen LogP contribution in [0.3, 0.4) is 0 Å². The fourth-order valence-corrected chi connectivity index (χ4v) is 1.91. The topological polar surface area (TPSA) is 27.7 Å². The van der Waals surface area contributed by atoms with E-state index in [4.69, 9.17) is 14.2 Å². The second-order valence-electron chi connectivity index (χ2n) is 2.91. The van der Waals surface area contributed by atoms with Crippen molar-refractivity contribution in [2.45, 2.75) is 6.29 Å². The summed E-state index contributed by atoms with van der Waals surface area (Å²) in [5.74, 6) is 0.278. The predicted octanol–water partition coefficient (Wildman–Crippen LogP) is 3.19. The molecule has 1 aromatic rings. The van der Waals surface area contributed by atoms with Crippen molar-refractivity contribution in [2.24, 2.45) is 0 Å². The molecule has 90 valence electrons. The van der Waals surface area contributed by atoms with Gasteiger partial charge in [-0.15, -0.1) is 0 Å². The van der Waals surface area contributed by atoms with Crippen molar-refractivity contribution < 1.29 is 18.6 Å². The third-order valence-electron chi connectivity index (χ3n) is 1.88. The first-order chi connectivity index (χ1) is 7.58. The molecule has 0 aromatic heterocycles. The van der Waals surface area contributed by atoms with Crippen molar-refractivity contribution in [3.8, 4) is 5.75 Å². The Bertz CT molecular complexity index is 358. The zero-order valence-corrected chi connectivity index (χ0v) is 12.5. The molecule has 6 heteroatoms. The second-order valence-corrected chi connectivity index (χ2v) is 4.93. The monoisotopic (exact) mass is 404 g/mol. The maximum absolute atomic E-state index is 13.1. The normalized spacial score (nSPS) is 10.9. The molecule has 0 radical (unpaired) electrons. The highest BCUT2D eigenvalue weighted by atomic mass is 127. The van der Waals surface area contributed by atoms with Gasteiger partial charge in [-0.3, -0.25) is 0 Å². The van der Waals surface area contributed by atoms with E-state index in [0.29, 0.717) is 13.8 Å². The quantitative estimate of drug-likeness (QED) is 0.428. The fraction of sp³-hybridized carbons (Fsp3) is 0.400. The van der Waals surface area contributed by atoms with Crippen LogP contribution in [0.25, 0.3) is 0 Å². The summed E-state index contributed by atoms with van der Waals surface area (Å²) >= 11 is 5.11. The van der Waals surface area contributed by atoms with Crippen molar-refractivity contribution >= 4 is 38.5 Å². The average Bonchev–Trinajstić information content (AvgIpc) is 2.26. The first-order valence-electron chi connectivity index (χ1n) is 4.41. The number of hydrogen-bond acceptors (Lipinski definition) is 3. The third-order valence-corrected chi connectivity index (χ3v) is 3.33. The van der Waals surface area contributed by atoms with Gasteiger partial charge in [0.1, 0.15) is 18.2 Å². The van der Waals surface area contributed by atoms with Crippen molar-refractivity contribution in [1.29, 1.82) is 0 Å². The fourth-order valence-electron chi connectivity index (χ4n) is 1.01. The SMILES string of the molecule is COC(COc1cc(Br)c(F)cc1I)OC. The van der Waals surface area contributed by atoms with Crippen molar-refractivity contribution in [1.82, 2.24) is 0 Å². The zero-order chi connectivity index (χ0) is 12.1. The van der Waals surface area contributed by atoms with Crippen LogP contribution in [0.4, 0.5) is 4.39 Å². The molecule has 0 spiro atoms. The highest BCUT2D eigenvalue weighted by molar-refractivity contribution is 14.1. The van der Waals surface area contributed by atoms with Gasteiger partial charge in [-0.1, -0.05) is 0 Å². The van der Waals surface area contributed by atoms with Crippen LogP contribution in [0.5, 0.6) is 5.75 Å². The largest absolute Gasteiger partial charge is 0.487 e. The molecule has 0 heterocycles. The van der Waals surface area contributed by atoms with E-state index in [1.54, 1.807) is 6.07 Å². The van der Waals surface area contributed by atoms with Crippen LogP contribution in [0, 0.1) is 9.39 Å². The maximum Gasteiger partial charge on any atom is 0.191 e. The van der Waals surface area contributed by atoms with Crippen LogP contribution in [-0.2, 0) is 9.47 Å². The van der Waals surface area contributed by atoms with Crippen molar-refractivity contribution in [2.75, 3.05) is 20.8 Å². The third kappa shape index (κ3) is 3.83. The van der Waals surface area contributed by atoms with E-state index in [-0.39, 0.29) is 12.4 Å². The highest BCUT2D eigenvalue weighted by Crippen LogP contribution is 2.28. The molecular weight excluding hydrogens is 394 g/mol. The van der Waals surface area contributed by atoms with Crippen LogP contribution in [0.15, 0.2) is 16.6 Å². The van der Waals surface area contributed by atoms with E-state index < -0.39 is 6.29 Å². The van der Waals surface area contributed by atoms with E-state index in [2.05, 4.69) is 15.9 Å². The van der Waals surface area contributed by atoms with Crippen LogP contribution in [0.2, 0.25) is 0 Å². The van der Waals surface area contributed by atoms with Gasteiger partial charge in [0.15, 0.2) is 6.29 Å². The minimum absolute atomic E-state index is 0.251. The zero-order valence-electron chi connectivity index (χ0n) is 8.80. The molecule has 0 saturated heterocycles. The minimum Gasteiger partial charge on any atom is -0.487 e. The smallest absolute Gasteiger partial charge is 0.191 e. The highest BCUT2D eigenvalue weighted by Gasteiger charge is 2.10. The van der Waals surface area contributed by atoms with Gasteiger partial charge in [0.2, 0.25) is 0 Å². The van der Waals surface area contributed by atoms with Crippen molar-refractivity contribution in [3.05, 3.63) is 26.0 Å². The molecule has 0 fully saturated rings. The summed E-state index contributed by atoms with van der Waals surface area (Å²) in [6, 6.07) is 2.98. The lowest BCUT2D eigenvalue weighted by Gasteiger charge is -2.15. The Kier molecular flexibility index (Phi) is 5.95. The molecule has 0 bridgehead atoms. The van der Waals surface area contributed by atoms with Crippen molar-refractivity contribution in [3.63, 3.8) is 0 Å². The summed E-state index contributed by atoms with van der Waals surface area (Å²) < 4.78 is 29.6. The number of halogens is 3. The summed E-state index contributed by atoms with van der Waals surface area (Å²) in [5, 5.41) is 0. The Labute approximate surface area is 116 Å². The Balaban J connectivity index is 2.70. The number of hydrogen-bond donors (Lipinski definition) is 0. The number of rotatable bonds is 5. The molecule has 16 heavy (non-hydrogen) atoms. The van der Waals surface area contributed by atoms with Gasteiger partial charge < -0.3 is 14.2 Å². The Morgan fingerprint density at radius 1 is 1.38 bits per heavy atom. The molecule has 0 atom stereocenters. The summed E-state index contributed by atoms with van der Waals surface area (Å²) in [6.45, 7) is 0.251. The molecule has 0 aliphatic carbocycles. The standard InChI is InChI=1S/C10H11BrFIO3/c1-14-10(15-2)5-16-9-3-6(11)7(12)4-8(9)13/h3-4,10H,5H2,1-2H3. The van der Waals surface area contributed by atoms with Gasteiger partial charge in [0.25, 0.3) is 0 Å². The summed E-state index contributed by atoms with van der Waals surface area (Å²) in [4.78, 5) is 0. The molecule has 1 rings (SSSR count). The lowest BCUT2D eigenvalue weighted by molar-refractivity contribution is -0.122. The molecule has 1 aromatic carbocycles. The average molecular weight is 405 g/mol. The van der Waals surface area contributed by atoms with E-state index in [0.717, 1.165) is 0 Å². The van der Waals surface area contributed by atoms with Gasteiger partial charge >= 0.3 is 0 Å². The van der Waals surface area contributed by atoms with E-state index in [1.165, 1.54) is 20.3 Å². The summed E-state index contributed by atoms with van der Waals surface area (Å²) in [6.07, 6.45) is -0.431. The molecular formula is C10H11BrFIO3. The van der Waals surface area contributed by atoms with Crippen LogP contribution >= 0.6 is 38.5 Å². The summed E-state index contributed by atoms with van der Waals surface area (Å²) in [7, 11) is 3.06. The first kappa shape index (κ1) is 14.1. The van der Waals surface area contributed by atoms with Crippen LogP contribution in [0.1, 0.15) is 0 Å². The molecule has 0 amide bonds. The maximum atomic E-state index is 13.1. The van der Waals surface area contributed by atoms with Crippen LogP contribution in [-0.4, -0.2) is 27.1 Å². The van der Waals surface area contributed by atoms with Gasteiger partial charge in [-0.2, -0.15) is 0 Å². The molecule has 0 aliphatic rings. The lowest BCUT2D eigenvalue weighted by Crippen LogP contribution is -2.22. The molecule has 0 saturated carbocycles. The predicted molar refractivity (Wildman–Crippen MR) is 70.1 cm³/mol. The van der Waals surface area contributed by atoms with E-state index in [1.807, 2.05) is 22.6 Å². The Hall–Kier alpha value is 0.0800. The Morgan fingerprint density at radius 2 is 2.00 bits per heavy atom. The lowest BCUT2D eigenvalue weighted by atomic mass is 10.3. The molecule has 3 nitrogen and oxygen atoms in total. The first-order valence-corrected chi connectivity index (χ1v) is 6.28. The minimum atomic E-state index is -0.431. The molecule has 0 aliphatic heterocycles. The molecule has 0 unspecified atom stereocenters. The van der Waals surface area contributed by atoms with Gasteiger partial charge in [0.05, 0.1) is 8.04 Å². The number of ether oxygens (including phenoxy) is 3. The number of benzene rings is 1. The van der Waals surface area contributed by atoms with E-state index >= 15 is 0 Å². The van der Waals surface area contributed by atoms with Crippen LogP contribution < -0.4 is 4.74 Å². The van der Waals surface area contributed by atoms with E-state index in [9.17, 15) is 4.39 Å². The van der Waals surface area contributed by atoms with Gasteiger partial charge in [0, 0.05) is 14.2 Å². The van der Waals surface area contributed by atoms with Gasteiger partial charge in [-0.05, 0) is 50.7 Å². The number of methoxy groups -OCH3 is 2. The Morgan fingerprint density at radius 3 is 2.56 bits per heavy atom.